The molecular weight excluding hydrogens is 400 g/mol. The first kappa shape index (κ1) is 21.5. The van der Waals surface area contributed by atoms with E-state index in [0.717, 1.165) is 11.3 Å². The lowest BCUT2D eigenvalue weighted by atomic mass is 10.1. The maximum absolute atomic E-state index is 13.3. The van der Waals surface area contributed by atoms with E-state index in [0.29, 0.717) is 24.5 Å². The first-order valence-electron chi connectivity index (χ1n) is 9.57. The van der Waals surface area contributed by atoms with Gasteiger partial charge in [-0.1, -0.05) is 43.3 Å². The normalized spacial score (nSPS) is 11.5. The minimum Gasteiger partial charge on any atom is -0.487 e. The number of thiazole rings is 1. The Kier molecular flexibility index (Phi) is 7.57. The van der Waals surface area contributed by atoms with Crippen LogP contribution in [0.1, 0.15) is 28.5 Å². The standard InChI is InChI=1S/C23H24N2O4S/c1-17(23(27)28-2)12-25(13-18-7-4-3-5-8-18)22(26)19-9-6-10-21(11-19)29-14-20-15-30-16-24-20/h3-11,15-17H,12-14H2,1-2H3. The molecule has 0 aliphatic rings. The summed E-state index contributed by atoms with van der Waals surface area (Å²) in [6.45, 7) is 2.74. The third kappa shape index (κ3) is 5.90. The molecule has 7 heteroatoms. The van der Waals surface area contributed by atoms with Crippen molar-refractivity contribution in [3.63, 3.8) is 0 Å². The first-order valence-corrected chi connectivity index (χ1v) is 10.5. The number of benzene rings is 2. The zero-order chi connectivity index (χ0) is 21.3. The summed E-state index contributed by atoms with van der Waals surface area (Å²) in [4.78, 5) is 31.1. The average Bonchev–Trinajstić information content (AvgIpc) is 3.30. The van der Waals surface area contributed by atoms with Crippen molar-refractivity contribution in [3.05, 3.63) is 82.3 Å². The molecule has 156 valence electrons. The molecule has 0 spiro atoms. The van der Waals surface area contributed by atoms with Crippen molar-refractivity contribution in [2.24, 2.45) is 5.92 Å². The molecule has 0 bridgehead atoms. The van der Waals surface area contributed by atoms with Gasteiger partial charge in [-0.15, -0.1) is 11.3 Å². The number of hydrogen-bond acceptors (Lipinski definition) is 6. The minimum atomic E-state index is -0.438. The highest BCUT2D eigenvalue weighted by molar-refractivity contribution is 7.07. The number of ether oxygens (including phenoxy) is 2. The average molecular weight is 425 g/mol. The molecule has 1 amide bonds. The lowest BCUT2D eigenvalue weighted by Gasteiger charge is -2.25. The molecule has 6 nitrogen and oxygen atoms in total. The molecule has 0 aliphatic carbocycles. The topological polar surface area (TPSA) is 68.7 Å². The second kappa shape index (κ2) is 10.5. The molecule has 30 heavy (non-hydrogen) atoms. The van der Waals surface area contributed by atoms with Crippen molar-refractivity contribution in [2.75, 3.05) is 13.7 Å². The summed E-state index contributed by atoms with van der Waals surface area (Å²) in [6.07, 6.45) is 0. The Morgan fingerprint density at radius 1 is 1.13 bits per heavy atom. The van der Waals surface area contributed by atoms with Crippen LogP contribution >= 0.6 is 11.3 Å². The van der Waals surface area contributed by atoms with Gasteiger partial charge in [0.15, 0.2) is 0 Å². The Hall–Kier alpha value is -3.19. The molecule has 1 atom stereocenters. The number of esters is 1. The number of carbonyl (C=O) groups excluding carboxylic acids is 2. The Bertz CT molecular complexity index is 960. The molecule has 0 radical (unpaired) electrons. The molecule has 1 unspecified atom stereocenters. The van der Waals surface area contributed by atoms with Gasteiger partial charge in [0.1, 0.15) is 12.4 Å². The van der Waals surface area contributed by atoms with Gasteiger partial charge in [-0.05, 0) is 23.8 Å². The molecule has 3 aromatic rings. The van der Waals surface area contributed by atoms with Crippen LogP contribution < -0.4 is 4.74 Å². The van der Waals surface area contributed by atoms with Crippen LogP contribution in [0.5, 0.6) is 5.75 Å². The van der Waals surface area contributed by atoms with Crippen LogP contribution in [-0.4, -0.2) is 35.4 Å². The first-order chi connectivity index (χ1) is 14.6. The Balaban J connectivity index is 1.77. The molecule has 0 saturated carbocycles. The fourth-order valence-corrected chi connectivity index (χ4v) is 3.54. The van der Waals surface area contributed by atoms with Crippen LogP contribution in [0, 0.1) is 5.92 Å². The zero-order valence-electron chi connectivity index (χ0n) is 17.0. The number of carbonyl (C=O) groups is 2. The molecular formula is C23H24N2O4S. The van der Waals surface area contributed by atoms with Gasteiger partial charge in [-0.25, -0.2) is 4.98 Å². The minimum absolute atomic E-state index is 0.172. The quantitative estimate of drug-likeness (QED) is 0.482. The highest BCUT2D eigenvalue weighted by Gasteiger charge is 2.23. The second-order valence-corrected chi connectivity index (χ2v) is 7.61. The summed E-state index contributed by atoms with van der Waals surface area (Å²) >= 11 is 1.51. The van der Waals surface area contributed by atoms with E-state index < -0.39 is 5.92 Å². The van der Waals surface area contributed by atoms with E-state index in [9.17, 15) is 9.59 Å². The van der Waals surface area contributed by atoms with E-state index >= 15 is 0 Å². The van der Waals surface area contributed by atoms with Gasteiger partial charge in [-0.3, -0.25) is 9.59 Å². The Labute approximate surface area is 180 Å². The van der Waals surface area contributed by atoms with Crippen molar-refractivity contribution in [3.8, 4) is 5.75 Å². The molecule has 0 N–H and O–H groups in total. The summed E-state index contributed by atoms with van der Waals surface area (Å²) < 4.78 is 10.6. The third-order valence-corrected chi connectivity index (χ3v) is 5.19. The van der Waals surface area contributed by atoms with Gasteiger partial charge in [0, 0.05) is 24.0 Å². The number of hydrogen-bond donors (Lipinski definition) is 0. The number of methoxy groups -OCH3 is 1. The fourth-order valence-electron chi connectivity index (χ4n) is 3.00. The van der Waals surface area contributed by atoms with E-state index in [2.05, 4.69) is 4.98 Å². The van der Waals surface area contributed by atoms with Crippen molar-refractivity contribution in [1.82, 2.24) is 9.88 Å². The lowest BCUT2D eigenvalue weighted by Crippen LogP contribution is -2.36. The number of amides is 1. The zero-order valence-corrected chi connectivity index (χ0v) is 17.8. The van der Waals surface area contributed by atoms with Gasteiger partial charge >= 0.3 is 5.97 Å². The van der Waals surface area contributed by atoms with Crippen LogP contribution in [0.4, 0.5) is 0 Å². The molecule has 1 aromatic heterocycles. The Morgan fingerprint density at radius 3 is 2.63 bits per heavy atom. The predicted octanol–water partition coefficient (Wildman–Crippen LogP) is 4.17. The molecule has 0 fully saturated rings. The number of aromatic nitrogens is 1. The number of nitrogens with zero attached hydrogens (tertiary/aromatic N) is 2. The molecule has 3 rings (SSSR count). The van der Waals surface area contributed by atoms with Crippen molar-refractivity contribution in [1.29, 1.82) is 0 Å². The van der Waals surface area contributed by atoms with Crippen molar-refractivity contribution < 1.29 is 19.1 Å². The van der Waals surface area contributed by atoms with Crippen molar-refractivity contribution >= 4 is 23.2 Å². The molecule has 2 aromatic carbocycles. The summed E-state index contributed by atoms with van der Waals surface area (Å²) in [5.74, 6) is -0.365. The third-order valence-electron chi connectivity index (χ3n) is 4.55. The van der Waals surface area contributed by atoms with E-state index in [1.54, 1.807) is 35.5 Å². The molecule has 0 aliphatic heterocycles. The maximum Gasteiger partial charge on any atom is 0.310 e. The van der Waals surface area contributed by atoms with Crippen LogP contribution in [0.3, 0.4) is 0 Å². The van der Waals surface area contributed by atoms with E-state index in [1.165, 1.54) is 18.4 Å². The summed E-state index contributed by atoms with van der Waals surface area (Å²) in [7, 11) is 1.35. The summed E-state index contributed by atoms with van der Waals surface area (Å²) in [6, 6.07) is 16.7. The van der Waals surface area contributed by atoms with E-state index in [4.69, 9.17) is 9.47 Å². The van der Waals surface area contributed by atoms with Crippen molar-refractivity contribution in [2.45, 2.75) is 20.1 Å². The molecule has 1 heterocycles. The van der Waals surface area contributed by atoms with Crippen LogP contribution in [0.25, 0.3) is 0 Å². The summed E-state index contributed by atoms with van der Waals surface area (Å²) in [5.41, 5.74) is 4.08. The maximum atomic E-state index is 13.3. The van der Waals surface area contributed by atoms with Gasteiger partial charge < -0.3 is 14.4 Å². The second-order valence-electron chi connectivity index (χ2n) is 6.89. The predicted molar refractivity (Wildman–Crippen MR) is 115 cm³/mol. The Morgan fingerprint density at radius 2 is 1.93 bits per heavy atom. The molecule has 0 saturated heterocycles. The van der Waals surface area contributed by atoms with Gasteiger partial charge in [0.05, 0.1) is 24.2 Å². The van der Waals surface area contributed by atoms with Crippen LogP contribution in [0.2, 0.25) is 0 Å². The fraction of sp³-hybridized carbons (Fsp3) is 0.261. The van der Waals surface area contributed by atoms with Gasteiger partial charge in [0.25, 0.3) is 5.91 Å². The van der Waals surface area contributed by atoms with E-state index in [1.807, 2.05) is 41.8 Å². The monoisotopic (exact) mass is 424 g/mol. The van der Waals surface area contributed by atoms with Crippen LogP contribution in [0.15, 0.2) is 65.5 Å². The van der Waals surface area contributed by atoms with E-state index in [-0.39, 0.29) is 18.4 Å². The summed E-state index contributed by atoms with van der Waals surface area (Å²) in [5, 5.41) is 1.92. The largest absolute Gasteiger partial charge is 0.487 e. The highest BCUT2D eigenvalue weighted by Crippen LogP contribution is 2.19. The SMILES string of the molecule is COC(=O)C(C)CN(Cc1ccccc1)C(=O)c1cccc(OCc2cscn2)c1. The van der Waals surface area contributed by atoms with Crippen LogP contribution in [-0.2, 0) is 22.7 Å². The van der Waals surface area contributed by atoms with Gasteiger partial charge in [0.2, 0.25) is 0 Å². The van der Waals surface area contributed by atoms with Gasteiger partial charge in [-0.2, -0.15) is 0 Å². The number of rotatable bonds is 9. The lowest BCUT2D eigenvalue weighted by molar-refractivity contribution is -0.145. The highest BCUT2D eigenvalue weighted by atomic mass is 32.1. The smallest absolute Gasteiger partial charge is 0.310 e.